The normalized spacial score (nSPS) is 25.8. The van der Waals surface area contributed by atoms with Gasteiger partial charge < -0.3 is 5.32 Å². The lowest BCUT2D eigenvalue weighted by atomic mass is 10.0. The van der Waals surface area contributed by atoms with E-state index in [0.717, 1.165) is 13.1 Å². The van der Waals surface area contributed by atoms with E-state index in [9.17, 15) is 0 Å². The zero-order valence-corrected chi connectivity index (χ0v) is 7.77. The summed E-state index contributed by atoms with van der Waals surface area (Å²) in [4.78, 5) is 0. The Balaban J connectivity index is 2.78. The number of hydrogen-bond acceptors (Lipinski definition) is 1. The lowest BCUT2D eigenvalue weighted by molar-refractivity contribution is 0.722. The fraction of sp³-hybridized carbons (Fsp3) is 0.455. The maximum atomic E-state index is 3.72. The summed E-state index contributed by atoms with van der Waals surface area (Å²) in [6.45, 7) is 7.95. The molecule has 1 rings (SSSR count). The van der Waals surface area contributed by atoms with Gasteiger partial charge in [0.05, 0.1) is 0 Å². The second-order valence-electron chi connectivity index (χ2n) is 3.02. The molecule has 0 aliphatic carbocycles. The van der Waals surface area contributed by atoms with Gasteiger partial charge in [0.1, 0.15) is 0 Å². The van der Waals surface area contributed by atoms with Crippen LogP contribution in [0.15, 0.2) is 36.0 Å². The van der Waals surface area contributed by atoms with E-state index in [-0.39, 0.29) is 0 Å². The molecule has 0 aromatic heterocycles. The van der Waals surface area contributed by atoms with Gasteiger partial charge in [-0.25, -0.2) is 0 Å². The first kappa shape index (κ1) is 9.27. The summed E-state index contributed by atoms with van der Waals surface area (Å²) in [5.41, 5.74) is 2.87. The average molecular weight is 163 g/mol. The molecule has 0 radical (unpaired) electrons. The molecule has 0 amide bonds. The van der Waals surface area contributed by atoms with Crippen LogP contribution in [0.5, 0.6) is 0 Å². The highest BCUT2D eigenvalue weighted by molar-refractivity contribution is 5.34. The fourth-order valence-electron chi connectivity index (χ4n) is 1.54. The standard InChI is InChI=1S/C11H17N/c1-3-6-11-9-12-8-5-7-10(11)4-2/h3-4,6,12H,1,5,7-9H2,2H3/b10-4-,11-6-. The summed E-state index contributed by atoms with van der Waals surface area (Å²) >= 11 is 0. The zero-order chi connectivity index (χ0) is 8.81. The summed E-state index contributed by atoms with van der Waals surface area (Å²) in [5.74, 6) is 0. The molecule has 1 saturated heterocycles. The minimum Gasteiger partial charge on any atom is -0.313 e. The zero-order valence-electron chi connectivity index (χ0n) is 7.77. The van der Waals surface area contributed by atoms with Crippen molar-refractivity contribution in [2.75, 3.05) is 13.1 Å². The molecule has 1 heteroatoms. The summed E-state index contributed by atoms with van der Waals surface area (Å²) in [6, 6.07) is 0. The smallest absolute Gasteiger partial charge is 0.0208 e. The fourth-order valence-corrected chi connectivity index (χ4v) is 1.54. The van der Waals surface area contributed by atoms with Crippen LogP contribution in [0.2, 0.25) is 0 Å². The number of hydrogen-bond donors (Lipinski definition) is 1. The molecule has 1 fully saturated rings. The monoisotopic (exact) mass is 163 g/mol. The van der Waals surface area contributed by atoms with Gasteiger partial charge in [-0.05, 0) is 37.5 Å². The van der Waals surface area contributed by atoms with E-state index < -0.39 is 0 Å². The number of allylic oxidation sites excluding steroid dienone is 3. The van der Waals surface area contributed by atoms with Gasteiger partial charge in [-0.1, -0.05) is 24.8 Å². The van der Waals surface area contributed by atoms with Crippen molar-refractivity contribution in [1.29, 1.82) is 0 Å². The lowest BCUT2D eigenvalue weighted by Gasteiger charge is -2.05. The van der Waals surface area contributed by atoms with E-state index in [1.807, 2.05) is 6.08 Å². The van der Waals surface area contributed by atoms with Crippen LogP contribution in [0.1, 0.15) is 19.8 Å². The Morgan fingerprint density at radius 1 is 1.42 bits per heavy atom. The molecule has 0 unspecified atom stereocenters. The van der Waals surface area contributed by atoms with Gasteiger partial charge in [0, 0.05) is 6.54 Å². The lowest BCUT2D eigenvalue weighted by Crippen LogP contribution is -2.15. The number of nitrogens with one attached hydrogen (secondary N) is 1. The molecule has 1 nitrogen and oxygen atoms in total. The van der Waals surface area contributed by atoms with E-state index >= 15 is 0 Å². The third-order valence-electron chi connectivity index (χ3n) is 2.20. The van der Waals surface area contributed by atoms with Gasteiger partial charge in [-0.2, -0.15) is 0 Å². The van der Waals surface area contributed by atoms with Gasteiger partial charge >= 0.3 is 0 Å². The van der Waals surface area contributed by atoms with Crippen molar-refractivity contribution in [3.63, 3.8) is 0 Å². The van der Waals surface area contributed by atoms with Gasteiger partial charge in [0.15, 0.2) is 0 Å². The average Bonchev–Trinajstić information content (AvgIpc) is 2.30. The first-order valence-corrected chi connectivity index (χ1v) is 4.56. The van der Waals surface area contributed by atoms with Crippen LogP contribution in [-0.2, 0) is 0 Å². The van der Waals surface area contributed by atoms with Crippen molar-refractivity contribution >= 4 is 0 Å². The van der Waals surface area contributed by atoms with Crippen molar-refractivity contribution in [2.45, 2.75) is 19.8 Å². The predicted octanol–water partition coefficient (Wildman–Crippen LogP) is 2.43. The molecule has 0 bridgehead atoms. The molecule has 1 aliphatic rings. The maximum absolute atomic E-state index is 3.72. The van der Waals surface area contributed by atoms with E-state index in [4.69, 9.17) is 0 Å². The summed E-state index contributed by atoms with van der Waals surface area (Å²) in [6.07, 6.45) is 8.62. The summed E-state index contributed by atoms with van der Waals surface area (Å²) < 4.78 is 0. The van der Waals surface area contributed by atoms with Crippen molar-refractivity contribution in [3.05, 3.63) is 36.0 Å². The Morgan fingerprint density at radius 3 is 2.92 bits per heavy atom. The van der Waals surface area contributed by atoms with Crippen molar-refractivity contribution in [1.82, 2.24) is 5.32 Å². The van der Waals surface area contributed by atoms with Crippen LogP contribution < -0.4 is 5.32 Å². The summed E-state index contributed by atoms with van der Waals surface area (Å²) in [7, 11) is 0. The topological polar surface area (TPSA) is 12.0 Å². The van der Waals surface area contributed by atoms with Gasteiger partial charge in [0.2, 0.25) is 0 Å². The molecular weight excluding hydrogens is 146 g/mol. The van der Waals surface area contributed by atoms with Crippen molar-refractivity contribution in [3.8, 4) is 0 Å². The van der Waals surface area contributed by atoms with Crippen molar-refractivity contribution < 1.29 is 0 Å². The van der Waals surface area contributed by atoms with Crippen LogP contribution in [0, 0.1) is 0 Å². The molecule has 0 atom stereocenters. The molecule has 1 N–H and O–H groups in total. The molecule has 0 saturated carbocycles. The Hall–Kier alpha value is -0.820. The first-order valence-electron chi connectivity index (χ1n) is 4.56. The van der Waals surface area contributed by atoms with Crippen LogP contribution in [0.3, 0.4) is 0 Å². The quantitative estimate of drug-likeness (QED) is 0.626. The van der Waals surface area contributed by atoms with E-state index in [1.165, 1.54) is 24.0 Å². The molecule has 0 aromatic rings. The highest BCUT2D eigenvalue weighted by Crippen LogP contribution is 2.17. The predicted molar refractivity (Wildman–Crippen MR) is 54.1 cm³/mol. The number of rotatable bonds is 1. The Bertz CT molecular complexity index is 211. The Kier molecular flexibility index (Phi) is 3.81. The van der Waals surface area contributed by atoms with Gasteiger partial charge in [-0.15, -0.1) is 0 Å². The van der Waals surface area contributed by atoms with Gasteiger partial charge in [-0.3, -0.25) is 0 Å². The van der Waals surface area contributed by atoms with Crippen LogP contribution in [-0.4, -0.2) is 13.1 Å². The minimum atomic E-state index is 0.992. The molecule has 12 heavy (non-hydrogen) atoms. The minimum absolute atomic E-state index is 0.992. The van der Waals surface area contributed by atoms with Crippen LogP contribution >= 0.6 is 0 Å². The van der Waals surface area contributed by atoms with E-state index in [0.29, 0.717) is 0 Å². The maximum Gasteiger partial charge on any atom is 0.0208 e. The molecule has 66 valence electrons. The van der Waals surface area contributed by atoms with Crippen LogP contribution in [0.4, 0.5) is 0 Å². The third-order valence-corrected chi connectivity index (χ3v) is 2.20. The van der Waals surface area contributed by atoms with E-state index in [1.54, 1.807) is 0 Å². The van der Waals surface area contributed by atoms with Crippen molar-refractivity contribution in [2.24, 2.45) is 0 Å². The molecule has 1 heterocycles. The molecule has 0 aromatic carbocycles. The second-order valence-corrected chi connectivity index (χ2v) is 3.02. The van der Waals surface area contributed by atoms with E-state index in [2.05, 4.69) is 31.0 Å². The molecular formula is C11H17N. The molecule has 0 spiro atoms. The SMILES string of the molecule is C=C/C=C1/CNCCC/C1=C/C. The second kappa shape index (κ2) is 4.94. The Labute approximate surface area is 74.9 Å². The third kappa shape index (κ3) is 2.35. The largest absolute Gasteiger partial charge is 0.313 e. The summed E-state index contributed by atoms with van der Waals surface area (Å²) in [5, 5.41) is 3.39. The highest BCUT2D eigenvalue weighted by Gasteiger charge is 2.06. The highest BCUT2D eigenvalue weighted by atomic mass is 14.9. The Morgan fingerprint density at radius 2 is 2.25 bits per heavy atom. The molecule has 1 aliphatic heterocycles. The first-order chi connectivity index (χ1) is 5.88. The van der Waals surface area contributed by atoms with Crippen LogP contribution in [0.25, 0.3) is 0 Å². The van der Waals surface area contributed by atoms with Gasteiger partial charge in [0.25, 0.3) is 0 Å².